The largest absolute Gasteiger partial charge is 0.493 e. The number of carbonyl (C=O) groups excluding carboxylic acids is 1. The molecule has 23 heavy (non-hydrogen) atoms. The van der Waals surface area contributed by atoms with Crippen LogP contribution < -0.4 is 4.74 Å². The Morgan fingerprint density at radius 2 is 1.78 bits per heavy atom. The second-order valence-corrected chi connectivity index (χ2v) is 5.49. The van der Waals surface area contributed by atoms with Gasteiger partial charge in [-0.15, -0.1) is 0 Å². The number of aryl methyl sites for hydroxylation is 1. The van der Waals surface area contributed by atoms with Crippen molar-refractivity contribution >= 4 is 27.6 Å². The Morgan fingerprint density at radius 1 is 1.09 bits per heavy atom. The van der Waals surface area contributed by atoms with Crippen LogP contribution in [0, 0.1) is 6.92 Å². The van der Waals surface area contributed by atoms with E-state index in [-0.39, 0.29) is 5.97 Å². The predicted molar refractivity (Wildman–Crippen MR) is 92.3 cm³/mol. The molecule has 0 radical (unpaired) electrons. The summed E-state index contributed by atoms with van der Waals surface area (Å²) in [6.07, 6.45) is 0. The van der Waals surface area contributed by atoms with Gasteiger partial charge in [-0.25, -0.2) is 4.79 Å². The average Bonchev–Trinajstić information content (AvgIpc) is 2.79. The van der Waals surface area contributed by atoms with Crippen LogP contribution in [-0.4, -0.2) is 23.8 Å². The zero-order chi connectivity index (χ0) is 16.6. The molecule has 0 atom stereocenters. The number of carbonyl (C=O) groups is 1. The highest BCUT2D eigenvalue weighted by Gasteiger charge is 2.22. The van der Waals surface area contributed by atoms with Gasteiger partial charge >= 0.3 is 5.97 Å². The smallest absolute Gasteiger partial charge is 0.340 e. The summed E-state index contributed by atoms with van der Waals surface area (Å²) in [7, 11) is 1.98. The van der Waals surface area contributed by atoms with Crippen molar-refractivity contribution < 1.29 is 14.3 Å². The van der Waals surface area contributed by atoms with E-state index in [0.717, 1.165) is 33.1 Å². The number of esters is 1. The minimum absolute atomic E-state index is 0.284. The summed E-state index contributed by atoms with van der Waals surface area (Å²) in [5, 5.41) is 3.01. The zero-order valence-electron chi connectivity index (χ0n) is 14.0. The molecule has 0 spiro atoms. The van der Waals surface area contributed by atoms with Crippen molar-refractivity contribution in [3.05, 3.63) is 41.6 Å². The van der Waals surface area contributed by atoms with E-state index in [1.807, 2.05) is 52.1 Å². The molecule has 0 bridgehead atoms. The number of aromatic nitrogens is 1. The molecule has 0 saturated heterocycles. The van der Waals surface area contributed by atoms with Crippen LogP contribution in [0.2, 0.25) is 0 Å². The highest BCUT2D eigenvalue weighted by atomic mass is 16.5. The summed E-state index contributed by atoms with van der Waals surface area (Å²) in [5.41, 5.74) is 2.55. The fourth-order valence-corrected chi connectivity index (χ4v) is 3.14. The van der Waals surface area contributed by atoms with E-state index in [1.165, 1.54) is 0 Å². The first-order chi connectivity index (χ1) is 11.1. The maximum atomic E-state index is 12.4. The van der Waals surface area contributed by atoms with Crippen LogP contribution >= 0.6 is 0 Å². The molecular formula is C19H21NO3. The van der Waals surface area contributed by atoms with Gasteiger partial charge in [-0.2, -0.15) is 0 Å². The molecule has 4 nitrogen and oxygen atoms in total. The van der Waals surface area contributed by atoms with Gasteiger partial charge in [-0.3, -0.25) is 0 Å². The van der Waals surface area contributed by atoms with E-state index < -0.39 is 0 Å². The van der Waals surface area contributed by atoms with Crippen LogP contribution in [0.3, 0.4) is 0 Å². The Morgan fingerprint density at radius 3 is 2.43 bits per heavy atom. The molecule has 0 N–H and O–H groups in total. The third-order valence-corrected chi connectivity index (χ3v) is 4.23. The first kappa shape index (κ1) is 15.4. The molecule has 0 unspecified atom stereocenters. The molecule has 120 valence electrons. The lowest BCUT2D eigenvalue weighted by molar-refractivity contribution is 0.0527. The lowest BCUT2D eigenvalue weighted by Crippen LogP contribution is -2.06. The second-order valence-electron chi connectivity index (χ2n) is 5.49. The van der Waals surface area contributed by atoms with E-state index in [9.17, 15) is 4.79 Å². The third-order valence-electron chi connectivity index (χ3n) is 4.23. The molecule has 1 aromatic heterocycles. The summed E-state index contributed by atoms with van der Waals surface area (Å²) in [5.74, 6) is 0.514. The molecule has 0 saturated carbocycles. The quantitative estimate of drug-likeness (QED) is 0.677. The topological polar surface area (TPSA) is 40.5 Å². The average molecular weight is 311 g/mol. The summed E-state index contributed by atoms with van der Waals surface area (Å²) in [4.78, 5) is 12.4. The molecule has 3 rings (SSSR count). The second kappa shape index (κ2) is 5.95. The number of hydrogen-bond acceptors (Lipinski definition) is 3. The first-order valence-corrected chi connectivity index (χ1v) is 7.90. The molecule has 3 aromatic rings. The fourth-order valence-electron chi connectivity index (χ4n) is 3.14. The molecule has 0 aliphatic rings. The number of ether oxygens (including phenoxy) is 2. The van der Waals surface area contributed by atoms with Gasteiger partial charge in [0.2, 0.25) is 0 Å². The van der Waals surface area contributed by atoms with Crippen LogP contribution in [0.15, 0.2) is 30.3 Å². The lowest BCUT2D eigenvalue weighted by Gasteiger charge is -2.10. The molecule has 1 heterocycles. The summed E-state index contributed by atoms with van der Waals surface area (Å²) in [6.45, 7) is 6.67. The van der Waals surface area contributed by atoms with Gasteiger partial charge in [-0.05, 0) is 26.8 Å². The van der Waals surface area contributed by atoms with Crippen molar-refractivity contribution in [2.24, 2.45) is 7.05 Å². The van der Waals surface area contributed by atoms with E-state index in [1.54, 1.807) is 0 Å². The minimum Gasteiger partial charge on any atom is -0.493 e. The molecule has 0 aliphatic heterocycles. The van der Waals surface area contributed by atoms with Crippen LogP contribution in [-0.2, 0) is 11.8 Å². The maximum absolute atomic E-state index is 12.4. The lowest BCUT2D eigenvalue weighted by atomic mass is 10.0. The number of fused-ring (bicyclic) bond motifs is 3. The highest BCUT2D eigenvalue weighted by Crippen LogP contribution is 2.37. The van der Waals surface area contributed by atoms with Crippen molar-refractivity contribution in [2.75, 3.05) is 13.2 Å². The van der Waals surface area contributed by atoms with Crippen LogP contribution in [0.4, 0.5) is 0 Å². The number of benzene rings is 2. The van der Waals surface area contributed by atoms with Crippen molar-refractivity contribution in [3.63, 3.8) is 0 Å². The summed E-state index contributed by atoms with van der Waals surface area (Å²) >= 11 is 0. The van der Waals surface area contributed by atoms with Crippen LogP contribution in [0.5, 0.6) is 5.75 Å². The number of rotatable bonds is 4. The van der Waals surface area contributed by atoms with Gasteiger partial charge in [-0.1, -0.05) is 24.3 Å². The summed E-state index contributed by atoms with van der Waals surface area (Å²) in [6, 6.07) is 10.1. The zero-order valence-corrected chi connectivity index (χ0v) is 14.0. The molecule has 0 amide bonds. The van der Waals surface area contributed by atoms with Gasteiger partial charge in [0.25, 0.3) is 0 Å². The van der Waals surface area contributed by atoms with Gasteiger partial charge in [0.1, 0.15) is 5.75 Å². The molecule has 4 heteroatoms. The summed E-state index contributed by atoms with van der Waals surface area (Å²) < 4.78 is 13.1. The Labute approximate surface area is 135 Å². The monoisotopic (exact) mass is 311 g/mol. The van der Waals surface area contributed by atoms with Crippen molar-refractivity contribution in [1.82, 2.24) is 4.57 Å². The normalized spacial score (nSPS) is 11.1. The standard InChI is InChI=1S/C19H21NO3/c1-5-22-16-11-15-17(19(21)23-6-2)12(3)20(4)18(15)14-10-8-7-9-13(14)16/h7-11H,5-6H2,1-4H3. The van der Waals surface area contributed by atoms with Crippen LogP contribution in [0.25, 0.3) is 21.7 Å². The minimum atomic E-state index is -0.284. The maximum Gasteiger partial charge on any atom is 0.340 e. The van der Waals surface area contributed by atoms with Crippen molar-refractivity contribution in [3.8, 4) is 5.75 Å². The van der Waals surface area contributed by atoms with E-state index >= 15 is 0 Å². The van der Waals surface area contributed by atoms with E-state index in [0.29, 0.717) is 18.8 Å². The van der Waals surface area contributed by atoms with Gasteiger partial charge < -0.3 is 14.0 Å². The molecule has 0 aliphatic carbocycles. The Bertz CT molecular complexity index is 893. The number of hydrogen-bond donors (Lipinski definition) is 0. The molecule has 0 fully saturated rings. The number of nitrogens with zero attached hydrogens (tertiary/aromatic N) is 1. The van der Waals surface area contributed by atoms with Gasteiger partial charge in [0.15, 0.2) is 0 Å². The van der Waals surface area contributed by atoms with Gasteiger partial charge in [0.05, 0.1) is 24.3 Å². The Balaban J connectivity index is 2.44. The van der Waals surface area contributed by atoms with E-state index in [4.69, 9.17) is 9.47 Å². The van der Waals surface area contributed by atoms with Crippen molar-refractivity contribution in [1.29, 1.82) is 0 Å². The van der Waals surface area contributed by atoms with Crippen molar-refractivity contribution in [2.45, 2.75) is 20.8 Å². The Hall–Kier alpha value is -2.49. The predicted octanol–water partition coefficient (Wildman–Crippen LogP) is 4.22. The molecular weight excluding hydrogens is 290 g/mol. The molecule has 2 aromatic carbocycles. The van der Waals surface area contributed by atoms with E-state index in [2.05, 4.69) is 10.6 Å². The van der Waals surface area contributed by atoms with Crippen LogP contribution in [0.1, 0.15) is 29.9 Å². The first-order valence-electron chi connectivity index (χ1n) is 7.90. The SMILES string of the molecule is CCOC(=O)c1c(C)n(C)c2c1cc(OCC)c1ccccc12. The Kier molecular flexibility index (Phi) is 3.99. The fraction of sp³-hybridized carbons (Fsp3) is 0.316. The third kappa shape index (κ3) is 2.34. The van der Waals surface area contributed by atoms with Gasteiger partial charge in [0, 0.05) is 28.9 Å². The highest BCUT2D eigenvalue weighted by molar-refractivity contribution is 6.16.